The molecular weight excluding hydrogens is 392 g/mol. The maximum Gasteiger partial charge on any atom is 0.295 e. The van der Waals surface area contributed by atoms with Crippen molar-refractivity contribution in [2.24, 2.45) is 0 Å². The normalized spacial score (nSPS) is 18.5. The Morgan fingerprint density at radius 2 is 1.81 bits per heavy atom. The first kappa shape index (κ1) is 20.8. The van der Waals surface area contributed by atoms with Crippen molar-refractivity contribution in [3.05, 3.63) is 76.7 Å². The minimum absolute atomic E-state index is 0.0825. The number of rotatable bonds is 5. The van der Waals surface area contributed by atoms with Crippen LogP contribution < -0.4 is 0 Å². The monoisotopic (exact) mass is 418 g/mol. The van der Waals surface area contributed by atoms with Crippen LogP contribution in [0, 0.1) is 13.8 Å². The van der Waals surface area contributed by atoms with Crippen LogP contribution in [0.3, 0.4) is 0 Å². The van der Waals surface area contributed by atoms with Crippen LogP contribution in [-0.4, -0.2) is 63.2 Å². The zero-order valence-corrected chi connectivity index (χ0v) is 18.2. The summed E-state index contributed by atoms with van der Waals surface area (Å²) in [4.78, 5) is 34.1. The molecule has 1 aromatic carbocycles. The van der Waals surface area contributed by atoms with Crippen LogP contribution in [0.5, 0.6) is 0 Å². The summed E-state index contributed by atoms with van der Waals surface area (Å²) in [6.07, 6.45) is 1.87. The lowest BCUT2D eigenvalue weighted by molar-refractivity contribution is -0.140. The molecule has 1 atom stereocenters. The number of hydrogen-bond acceptors (Lipinski definition) is 5. The van der Waals surface area contributed by atoms with Crippen molar-refractivity contribution in [3.63, 3.8) is 0 Å². The van der Waals surface area contributed by atoms with E-state index in [1.165, 1.54) is 0 Å². The second-order valence-electron chi connectivity index (χ2n) is 8.14. The van der Waals surface area contributed by atoms with E-state index in [0.717, 1.165) is 11.1 Å². The van der Waals surface area contributed by atoms with Gasteiger partial charge in [-0.2, -0.15) is 0 Å². The van der Waals surface area contributed by atoms with Gasteiger partial charge in [-0.1, -0.05) is 36.4 Å². The van der Waals surface area contributed by atoms with Crippen LogP contribution in [-0.2, 0) is 9.59 Å². The fraction of sp³-hybridized carbons (Fsp3) is 0.292. The number of imidazole rings is 1. The van der Waals surface area contributed by atoms with Crippen LogP contribution in [0.1, 0.15) is 28.6 Å². The van der Waals surface area contributed by atoms with E-state index in [1.807, 2.05) is 85.9 Å². The molecule has 2 aromatic heterocycles. The summed E-state index contributed by atoms with van der Waals surface area (Å²) in [5.41, 5.74) is 3.55. The van der Waals surface area contributed by atoms with Gasteiger partial charge in [-0.25, -0.2) is 4.98 Å². The third-order valence-corrected chi connectivity index (χ3v) is 5.75. The number of aromatic nitrogens is 2. The highest BCUT2D eigenvalue weighted by Gasteiger charge is 2.46. The molecule has 3 heterocycles. The molecule has 1 aliphatic heterocycles. The average Bonchev–Trinajstić information content (AvgIpc) is 3.22. The second kappa shape index (κ2) is 8.00. The van der Waals surface area contributed by atoms with E-state index in [1.54, 1.807) is 4.90 Å². The number of benzene rings is 1. The van der Waals surface area contributed by atoms with Crippen molar-refractivity contribution in [3.8, 4) is 0 Å². The topological polar surface area (TPSA) is 78.2 Å². The minimum atomic E-state index is -0.682. The van der Waals surface area contributed by atoms with Gasteiger partial charge in [0.15, 0.2) is 5.76 Å². The Morgan fingerprint density at radius 3 is 2.45 bits per heavy atom. The molecule has 0 bridgehead atoms. The molecule has 31 heavy (non-hydrogen) atoms. The number of Topliss-reactive ketones (excluding diaryl/α,β-unsaturated/α-hetero) is 1. The standard InChI is InChI=1S/C24H26N4O3/c1-15-9-8-12-27-16(2)19(25-23(15)27)21(29)18-20(17-10-6-5-7-11-17)28(14-13-26(3)4)24(31)22(18)30/h5-12,20,29H,13-14H2,1-4H3/b21-18+. The number of carbonyl (C=O) groups is 2. The fourth-order valence-electron chi connectivity index (χ4n) is 4.07. The first-order chi connectivity index (χ1) is 14.8. The number of nitrogens with zero attached hydrogens (tertiary/aromatic N) is 4. The van der Waals surface area contributed by atoms with Crippen LogP contribution >= 0.6 is 0 Å². The minimum Gasteiger partial charge on any atom is -0.505 e. The Balaban J connectivity index is 1.91. The molecule has 1 N–H and O–H groups in total. The van der Waals surface area contributed by atoms with Gasteiger partial charge < -0.3 is 19.3 Å². The number of aliphatic hydroxyl groups is 1. The number of amides is 1. The van der Waals surface area contributed by atoms with E-state index in [9.17, 15) is 14.7 Å². The molecule has 7 heteroatoms. The average molecular weight is 418 g/mol. The molecule has 1 fully saturated rings. The van der Waals surface area contributed by atoms with Crippen LogP contribution in [0.2, 0.25) is 0 Å². The highest BCUT2D eigenvalue weighted by molar-refractivity contribution is 6.46. The van der Waals surface area contributed by atoms with Gasteiger partial charge >= 0.3 is 0 Å². The van der Waals surface area contributed by atoms with Gasteiger partial charge in [-0.05, 0) is 45.1 Å². The van der Waals surface area contributed by atoms with Gasteiger partial charge in [-0.3, -0.25) is 9.59 Å². The number of hydrogen-bond donors (Lipinski definition) is 1. The predicted octanol–water partition coefficient (Wildman–Crippen LogP) is 2.93. The Morgan fingerprint density at radius 1 is 1.10 bits per heavy atom. The van der Waals surface area contributed by atoms with Gasteiger partial charge in [0.1, 0.15) is 11.3 Å². The number of fused-ring (bicyclic) bond motifs is 1. The molecule has 0 spiro atoms. The number of carbonyl (C=O) groups excluding carboxylic acids is 2. The Bertz CT molecular complexity index is 1190. The molecule has 1 aliphatic rings. The summed E-state index contributed by atoms with van der Waals surface area (Å²) in [5, 5.41) is 11.3. The highest BCUT2D eigenvalue weighted by Crippen LogP contribution is 2.39. The molecule has 1 saturated heterocycles. The molecule has 0 aliphatic carbocycles. The number of aryl methyl sites for hydroxylation is 2. The summed E-state index contributed by atoms with van der Waals surface area (Å²) in [5.74, 6) is -1.52. The van der Waals surface area contributed by atoms with Crippen molar-refractivity contribution >= 4 is 23.1 Å². The van der Waals surface area contributed by atoms with Crippen molar-refractivity contribution in [2.75, 3.05) is 27.2 Å². The van der Waals surface area contributed by atoms with Gasteiger partial charge in [0.2, 0.25) is 0 Å². The molecular formula is C24H26N4O3. The number of pyridine rings is 1. The van der Waals surface area contributed by atoms with E-state index in [0.29, 0.717) is 30.1 Å². The Hall–Kier alpha value is -3.45. The smallest absolute Gasteiger partial charge is 0.295 e. The first-order valence-electron chi connectivity index (χ1n) is 10.2. The first-order valence-corrected chi connectivity index (χ1v) is 10.2. The largest absolute Gasteiger partial charge is 0.505 e. The number of likely N-dealkylation sites (N-methyl/N-ethyl adjacent to an activating group) is 1. The molecule has 0 radical (unpaired) electrons. The summed E-state index contributed by atoms with van der Waals surface area (Å²) >= 11 is 0. The van der Waals surface area contributed by atoms with Gasteiger partial charge in [-0.15, -0.1) is 0 Å². The molecule has 1 amide bonds. The van der Waals surface area contributed by atoms with Gasteiger partial charge in [0.05, 0.1) is 17.3 Å². The van der Waals surface area contributed by atoms with E-state index < -0.39 is 17.7 Å². The lowest BCUT2D eigenvalue weighted by atomic mass is 9.96. The summed E-state index contributed by atoms with van der Waals surface area (Å²) < 4.78 is 1.88. The lowest BCUT2D eigenvalue weighted by Gasteiger charge is -2.26. The van der Waals surface area contributed by atoms with Crippen molar-refractivity contribution in [1.29, 1.82) is 0 Å². The van der Waals surface area contributed by atoms with Crippen LogP contribution in [0.4, 0.5) is 0 Å². The van der Waals surface area contributed by atoms with Gasteiger partial charge in [0, 0.05) is 19.3 Å². The van der Waals surface area contributed by atoms with E-state index >= 15 is 0 Å². The zero-order chi connectivity index (χ0) is 22.3. The maximum atomic E-state index is 13.1. The molecule has 1 unspecified atom stereocenters. The van der Waals surface area contributed by atoms with Crippen LogP contribution in [0.25, 0.3) is 11.4 Å². The van der Waals surface area contributed by atoms with E-state index in [-0.39, 0.29) is 11.3 Å². The van der Waals surface area contributed by atoms with Gasteiger partial charge in [0.25, 0.3) is 11.7 Å². The van der Waals surface area contributed by atoms with Crippen molar-refractivity contribution in [2.45, 2.75) is 19.9 Å². The summed E-state index contributed by atoms with van der Waals surface area (Å²) in [7, 11) is 3.83. The summed E-state index contributed by atoms with van der Waals surface area (Å²) in [6, 6.07) is 12.5. The van der Waals surface area contributed by atoms with Crippen molar-refractivity contribution in [1.82, 2.24) is 19.2 Å². The SMILES string of the molecule is Cc1cccn2c(C)c(/C(O)=C3\C(=O)C(=O)N(CCN(C)C)C3c3ccccc3)nc12. The third kappa shape index (κ3) is 3.51. The Kier molecular flexibility index (Phi) is 5.37. The highest BCUT2D eigenvalue weighted by atomic mass is 16.3. The van der Waals surface area contributed by atoms with E-state index in [2.05, 4.69) is 4.98 Å². The Labute approximate surface area is 181 Å². The number of aliphatic hydroxyl groups excluding tert-OH is 1. The van der Waals surface area contributed by atoms with E-state index in [4.69, 9.17) is 0 Å². The fourth-order valence-corrected chi connectivity index (χ4v) is 4.07. The maximum absolute atomic E-state index is 13.1. The zero-order valence-electron chi connectivity index (χ0n) is 18.2. The quantitative estimate of drug-likeness (QED) is 0.392. The lowest BCUT2D eigenvalue weighted by Crippen LogP contribution is -2.35. The van der Waals surface area contributed by atoms with Crippen LogP contribution in [0.15, 0.2) is 54.2 Å². The molecule has 7 nitrogen and oxygen atoms in total. The predicted molar refractivity (Wildman–Crippen MR) is 119 cm³/mol. The molecule has 160 valence electrons. The molecule has 3 aromatic rings. The van der Waals surface area contributed by atoms with Crippen molar-refractivity contribution < 1.29 is 14.7 Å². The second-order valence-corrected chi connectivity index (χ2v) is 8.14. The number of ketones is 1. The molecule has 4 rings (SSSR count). The number of likely N-dealkylation sites (tertiary alicyclic amines) is 1. The third-order valence-electron chi connectivity index (χ3n) is 5.75. The molecule has 0 saturated carbocycles. The summed E-state index contributed by atoms with van der Waals surface area (Å²) in [6.45, 7) is 4.75.